The molecule has 0 bridgehead atoms. The molecule has 0 spiro atoms. The molecule has 4 aromatic heterocycles. The van der Waals surface area contributed by atoms with Crippen molar-refractivity contribution in [2.45, 2.75) is 6.92 Å². The van der Waals surface area contributed by atoms with Gasteiger partial charge in [0.15, 0.2) is 0 Å². The minimum atomic E-state index is -0.369. The van der Waals surface area contributed by atoms with Crippen molar-refractivity contribution in [1.29, 1.82) is 0 Å². The number of hydrogen-bond acceptors (Lipinski definition) is 5. The molecule has 4 heterocycles. The maximum absolute atomic E-state index is 13.8. The quantitative estimate of drug-likeness (QED) is 0.614. The lowest BCUT2D eigenvalue weighted by Crippen LogP contribution is -1.99. The van der Waals surface area contributed by atoms with Crippen molar-refractivity contribution in [1.82, 2.24) is 24.3 Å². The van der Waals surface area contributed by atoms with Crippen LogP contribution in [0.5, 0.6) is 0 Å². The fraction of sp³-hybridized carbons (Fsp3) is 0.0588. The van der Waals surface area contributed by atoms with E-state index in [0.717, 1.165) is 5.69 Å². The van der Waals surface area contributed by atoms with E-state index in [1.54, 1.807) is 22.7 Å². The molecule has 0 fully saturated rings. The van der Waals surface area contributed by atoms with Gasteiger partial charge in [-0.2, -0.15) is 0 Å². The number of rotatable bonds is 2. The van der Waals surface area contributed by atoms with Crippen molar-refractivity contribution in [3.8, 4) is 22.8 Å². The van der Waals surface area contributed by atoms with Crippen molar-refractivity contribution in [3.63, 3.8) is 0 Å². The molecule has 0 saturated carbocycles. The van der Waals surface area contributed by atoms with Crippen LogP contribution in [0.25, 0.3) is 28.4 Å². The lowest BCUT2D eigenvalue weighted by molar-refractivity contribution is 0.619. The Hall–Kier alpha value is -3.35. The SMILES string of the molecule is Cc1cccc(-c2nc3ccc(F)cn3c2-c2ccnc(N)n2)n1. The first kappa shape index (κ1) is 14.3. The van der Waals surface area contributed by atoms with Crippen LogP contribution in [-0.2, 0) is 0 Å². The summed E-state index contributed by atoms with van der Waals surface area (Å²) in [7, 11) is 0. The molecule has 118 valence electrons. The number of anilines is 1. The van der Waals surface area contributed by atoms with Gasteiger partial charge in [-0.3, -0.25) is 9.38 Å². The van der Waals surface area contributed by atoms with Gasteiger partial charge >= 0.3 is 0 Å². The van der Waals surface area contributed by atoms with Gasteiger partial charge in [-0.05, 0) is 37.3 Å². The van der Waals surface area contributed by atoms with Gasteiger partial charge < -0.3 is 5.73 Å². The van der Waals surface area contributed by atoms with E-state index in [1.807, 2.05) is 25.1 Å². The molecule has 7 heteroatoms. The Balaban J connectivity index is 2.08. The zero-order valence-corrected chi connectivity index (χ0v) is 12.8. The molecule has 0 amide bonds. The van der Waals surface area contributed by atoms with Crippen LogP contribution in [0, 0.1) is 12.7 Å². The number of pyridine rings is 2. The van der Waals surface area contributed by atoms with Gasteiger partial charge in [-0.1, -0.05) is 6.07 Å². The van der Waals surface area contributed by atoms with Crippen molar-refractivity contribution >= 4 is 11.6 Å². The van der Waals surface area contributed by atoms with Crippen LogP contribution in [0.1, 0.15) is 5.69 Å². The summed E-state index contributed by atoms with van der Waals surface area (Å²) < 4.78 is 15.4. The second kappa shape index (κ2) is 5.38. The highest BCUT2D eigenvalue weighted by molar-refractivity contribution is 5.79. The number of fused-ring (bicyclic) bond motifs is 1. The van der Waals surface area contributed by atoms with Crippen LogP contribution < -0.4 is 5.73 Å². The number of nitrogen functional groups attached to an aromatic ring is 1. The molecule has 0 saturated heterocycles. The molecule has 0 atom stereocenters. The van der Waals surface area contributed by atoms with Gasteiger partial charge in [0, 0.05) is 18.1 Å². The maximum Gasteiger partial charge on any atom is 0.220 e. The standard InChI is InChI=1S/C17H13FN6/c1-10-3-2-4-12(21-10)15-16(13-7-8-20-17(19)22-13)24-9-11(18)5-6-14(24)23-15/h2-9H,1H3,(H2,19,20,22). The molecule has 0 aromatic carbocycles. The van der Waals surface area contributed by atoms with E-state index in [2.05, 4.69) is 19.9 Å². The molecule has 2 N–H and O–H groups in total. The van der Waals surface area contributed by atoms with E-state index >= 15 is 0 Å². The number of halogens is 1. The van der Waals surface area contributed by atoms with Crippen LogP contribution in [0.2, 0.25) is 0 Å². The van der Waals surface area contributed by atoms with Crippen LogP contribution in [0.3, 0.4) is 0 Å². The highest BCUT2D eigenvalue weighted by Gasteiger charge is 2.18. The molecule has 6 nitrogen and oxygen atoms in total. The summed E-state index contributed by atoms with van der Waals surface area (Å²) in [5.41, 5.74) is 9.65. The Bertz CT molecular complexity index is 1060. The summed E-state index contributed by atoms with van der Waals surface area (Å²) >= 11 is 0. The third-order valence-electron chi connectivity index (χ3n) is 3.63. The predicted octanol–water partition coefficient (Wildman–Crippen LogP) is 2.88. The van der Waals surface area contributed by atoms with Gasteiger partial charge in [0.05, 0.1) is 11.4 Å². The van der Waals surface area contributed by atoms with Crippen molar-refractivity contribution in [3.05, 3.63) is 60.3 Å². The van der Waals surface area contributed by atoms with Crippen LogP contribution in [-0.4, -0.2) is 24.3 Å². The topological polar surface area (TPSA) is 82.0 Å². The zero-order valence-electron chi connectivity index (χ0n) is 12.8. The summed E-state index contributed by atoms with van der Waals surface area (Å²) in [6.07, 6.45) is 2.93. The van der Waals surface area contributed by atoms with E-state index in [9.17, 15) is 4.39 Å². The monoisotopic (exact) mass is 320 g/mol. The Kier molecular flexibility index (Phi) is 3.19. The smallest absolute Gasteiger partial charge is 0.220 e. The predicted molar refractivity (Wildman–Crippen MR) is 88.6 cm³/mol. The Morgan fingerprint density at radius 1 is 1.00 bits per heavy atom. The average molecular weight is 320 g/mol. The fourth-order valence-corrected chi connectivity index (χ4v) is 2.62. The number of aromatic nitrogens is 5. The largest absolute Gasteiger partial charge is 0.368 e. The van der Waals surface area contributed by atoms with Gasteiger partial charge in [-0.15, -0.1) is 0 Å². The summed E-state index contributed by atoms with van der Waals surface area (Å²) in [5, 5.41) is 0. The highest BCUT2D eigenvalue weighted by Crippen LogP contribution is 2.31. The van der Waals surface area contributed by atoms with Crippen LogP contribution in [0.15, 0.2) is 48.8 Å². The molecule has 0 aliphatic heterocycles. The third kappa shape index (κ3) is 2.36. The van der Waals surface area contributed by atoms with E-state index in [1.165, 1.54) is 12.3 Å². The number of aryl methyl sites for hydroxylation is 1. The van der Waals surface area contributed by atoms with Crippen LogP contribution >= 0.6 is 0 Å². The second-order valence-electron chi connectivity index (χ2n) is 5.35. The number of nitrogens with zero attached hydrogens (tertiary/aromatic N) is 5. The number of hydrogen-bond donors (Lipinski definition) is 1. The molecule has 0 unspecified atom stereocenters. The summed E-state index contributed by atoms with van der Waals surface area (Å²) in [6.45, 7) is 1.90. The second-order valence-corrected chi connectivity index (χ2v) is 5.35. The fourth-order valence-electron chi connectivity index (χ4n) is 2.62. The van der Waals surface area contributed by atoms with E-state index in [4.69, 9.17) is 5.73 Å². The highest BCUT2D eigenvalue weighted by atomic mass is 19.1. The van der Waals surface area contributed by atoms with Gasteiger partial charge in [0.25, 0.3) is 0 Å². The van der Waals surface area contributed by atoms with E-state index in [0.29, 0.717) is 28.4 Å². The van der Waals surface area contributed by atoms with E-state index in [-0.39, 0.29) is 11.8 Å². The average Bonchev–Trinajstić information content (AvgIpc) is 2.93. The maximum atomic E-state index is 13.8. The number of imidazole rings is 1. The molecule has 24 heavy (non-hydrogen) atoms. The first-order valence-electron chi connectivity index (χ1n) is 7.32. The van der Waals surface area contributed by atoms with Gasteiger partial charge in [-0.25, -0.2) is 19.3 Å². The molecule has 0 aliphatic rings. The molecule has 0 radical (unpaired) electrons. The minimum absolute atomic E-state index is 0.141. The summed E-state index contributed by atoms with van der Waals surface area (Å²) in [5.74, 6) is -0.228. The Labute approximate surface area is 136 Å². The first-order chi connectivity index (χ1) is 11.6. The van der Waals surface area contributed by atoms with E-state index < -0.39 is 0 Å². The lowest BCUT2D eigenvalue weighted by Gasteiger charge is -2.05. The molecular formula is C17H13FN6. The van der Waals surface area contributed by atoms with Gasteiger partial charge in [0.1, 0.15) is 22.9 Å². The summed E-state index contributed by atoms with van der Waals surface area (Å²) in [4.78, 5) is 17.3. The molecule has 4 aromatic rings. The molecular weight excluding hydrogens is 307 g/mol. The summed E-state index contributed by atoms with van der Waals surface area (Å²) in [6, 6.07) is 10.4. The normalized spacial score (nSPS) is 11.1. The third-order valence-corrected chi connectivity index (χ3v) is 3.63. The van der Waals surface area contributed by atoms with Crippen molar-refractivity contribution in [2.24, 2.45) is 0 Å². The van der Waals surface area contributed by atoms with Crippen molar-refractivity contribution in [2.75, 3.05) is 5.73 Å². The minimum Gasteiger partial charge on any atom is -0.368 e. The zero-order chi connectivity index (χ0) is 16.7. The lowest BCUT2D eigenvalue weighted by atomic mass is 10.1. The van der Waals surface area contributed by atoms with Gasteiger partial charge in [0.2, 0.25) is 5.95 Å². The Morgan fingerprint density at radius 3 is 2.67 bits per heavy atom. The van der Waals surface area contributed by atoms with Crippen LogP contribution in [0.4, 0.5) is 10.3 Å². The number of nitrogens with two attached hydrogens (primary N) is 1. The molecule has 0 aliphatic carbocycles. The van der Waals surface area contributed by atoms with Crippen molar-refractivity contribution < 1.29 is 4.39 Å². The molecule has 4 rings (SSSR count). The Morgan fingerprint density at radius 2 is 1.88 bits per heavy atom. The first-order valence-corrected chi connectivity index (χ1v) is 7.32.